The lowest BCUT2D eigenvalue weighted by Gasteiger charge is -2.26. The van der Waals surface area contributed by atoms with Gasteiger partial charge >= 0.3 is 0 Å². The Morgan fingerprint density at radius 3 is 2.47 bits per heavy atom. The van der Waals surface area contributed by atoms with E-state index >= 15 is 0 Å². The second-order valence-corrected chi connectivity index (χ2v) is 6.41. The fraction of sp³-hybridized carbons (Fsp3) is 0.571. The van der Waals surface area contributed by atoms with Gasteiger partial charge in [0.05, 0.1) is 5.02 Å². The second kappa shape index (κ2) is 5.21. The Balaban J connectivity index is 1.81. The molecule has 0 saturated carbocycles. The van der Waals surface area contributed by atoms with Crippen molar-refractivity contribution in [3.63, 3.8) is 0 Å². The largest absolute Gasteiger partial charge is 0.316 e. The fourth-order valence-corrected chi connectivity index (χ4v) is 3.80. The van der Waals surface area contributed by atoms with E-state index in [9.17, 15) is 4.39 Å². The van der Waals surface area contributed by atoms with Gasteiger partial charge in [-0.25, -0.2) is 4.39 Å². The number of hydrogen-bond acceptors (Lipinski definition) is 2. The Morgan fingerprint density at radius 1 is 1.21 bits per heavy atom. The molecule has 5 heteroatoms. The Bertz CT molecular complexity index is 483. The van der Waals surface area contributed by atoms with Crippen molar-refractivity contribution in [3.05, 3.63) is 33.6 Å². The molecule has 2 nitrogen and oxygen atoms in total. The van der Waals surface area contributed by atoms with Crippen LogP contribution in [0, 0.1) is 17.7 Å². The highest BCUT2D eigenvalue weighted by atomic mass is 35.5. The molecule has 104 valence electrons. The van der Waals surface area contributed by atoms with Crippen LogP contribution >= 0.6 is 23.2 Å². The quantitative estimate of drug-likeness (QED) is 0.843. The predicted octanol–water partition coefficient (Wildman–Crippen LogP) is 3.34. The first-order valence-corrected chi connectivity index (χ1v) is 7.41. The van der Waals surface area contributed by atoms with Crippen molar-refractivity contribution in [1.29, 1.82) is 0 Å². The Labute approximate surface area is 122 Å². The number of fused-ring (bicyclic) bond motifs is 1. The van der Waals surface area contributed by atoms with Crippen molar-refractivity contribution in [2.45, 2.75) is 13.0 Å². The highest BCUT2D eigenvalue weighted by molar-refractivity contribution is 6.35. The van der Waals surface area contributed by atoms with E-state index in [0.717, 1.165) is 43.6 Å². The molecule has 0 aliphatic carbocycles. The highest BCUT2D eigenvalue weighted by Gasteiger charge is 2.38. The number of halogens is 3. The minimum absolute atomic E-state index is 0.0865. The Kier molecular flexibility index (Phi) is 3.73. The zero-order valence-corrected chi connectivity index (χ0v) is 12.3. The van der Waals surface area contributed by atoms with E-state index in [-0.39, 0.29) is 11.1 Å². The van der Waals surface area contributed by atoms with Crippen molar-refractivity contribution in [2.75, 3.05) is 26.2 Å². The molecule has 0 amide bonds. The van der Waals surface area contributed by atoms with Gasteiger partial charge in [-0.15, -0.1) is 0 Å². The van der Waals surface area contributed by atoms with Crippen LogP contribution in [0.5, 0.6) is 0 Å². The first kappa shape index (κ1) is 13.6. The van der Waals surface area contributed by atoms with Crippen LogP contribution in [-0.2, 0) is 0 Å². The molecule has 2 heterocycles. The van der Waals surface area contributed by atoms with Crippen molar-refractivity contribution in [1.82, 2.24) is 10.2 Å². The number of nitrogens with zero attached hydrogens (tertiary/aromatic N) is 1. The molecule has 1 aromatic carbocycles. The molecule has 0 aromatic heterocycles. The molecule has 0 bridgehead atoms. The van der Waals surface area contributed by atoms with E-state index < -0.39 is 5.82 Å². The maximum absolute atomic E-state index is 13.6. The first-order chi connectivity index (χ1) is 9.06. The molecule has 3 atom stereocenters. The lowest BCUT2D eigenvalue weighted by Crippen LogP contribution is -2.28. The van der Waals surface area contributed by atoms with E-state index in [1.807, 2.05) is 0 Å². The average Bonchev–Trinajstić information content (AvgIpc) is 2.93. The second-order valence-electron chi connectivity index (χ2n) is 5.60. The van der Waals surface area contributed by atoms with E-state index in [2.05, 4.69) is 17.1 Å². The summed E-state index contributed by atoms with van der Waals surface area (Å²) in [6, 6.07) is 3.11. The van der Waals surface area contributed by atoms with Gasteiger partial charge in [-0.05, 0) is 49.5 Å². The van der Waals surface area contributed by atoms with Crippen molar-refractivity contribution < 1.29 is 4.39 Å². The summed E-state index contributed by atoms with van der Waals surface area (Å²) in [5.41, 5.74) is 0.830. The molecular formula is C14H17Cl2FN2. The molecule has 19 heavy (non-hydrogen) atoms. The molecular weight excluding hydrogens is 286 g/mol. The monoisotopic (exact) mass is 302 g/mol. The number of hydrogen-bond donors (Lipinski definition) is 1. The summed E-state index contributed by atoms with van der Waals surface area (Å²) >= 11 is 12.0. The third-order valence-corrected chi connectivity index (χ3v) is 5.07. The van der Waals surface area contributed by atoms with E-state index in [0.29, 0.717) is 5.02 Å². The minimum Gasteiger partial charge on any atom is -0.316 e. The number of likely N-dealkylation sites (tertiary alicyclic amines) is 1. The third-order valence-electron chi connectivity index (χ3n) is 4.46. The van der Waals surface area contributed by atoms with Crippen LogP contribution in [0.15, 0.2) is 12.1 Å². The van der Waals surface area contributed by atoms with Crippen molar-refractivity contribution in [3.8, 4) is 0 Å². The maximum Gasteiger partial charge on any atom is 0.142 e. The standard InChI is InChI=1S/C14H17Cl2FN2/c1-8(11-2-14(17)13(16)3-12(11)15)19-6-9-4-18-5-10(9)7-19/h2-3,8-10,18H,4-7H2,1H3. The molecule has 2 aliphatic heterocycles. The molecule has 2 aliphatic rings. The first-order valence-electron chi connectivity index (χ1n) is 6.65. The molecule has 2 fully saturated rings. The highest BCUT2D eigenvalue weighted by Crippen LogP contribution is 2.36. The normalized spacial score (nSPS) is 28.6. The van der Waals surface area contributed by atoms with Gasteiger partial charge in [0, 0.05) is 24.2 Å². The van der Waals surface area contributed by atoms with Crippen LogP contribution in [0.1, 0.15) is 18.5 Å². The molecule has 2 saturated heterocycles. The number of benzene rings is 1. The molecule has 1 N–H and O–H groups in total. The van der Waals surface area contributed by atoms with Crippen LogP contribution in [0.2, 0.25) is 10.0 Å². The Hall–Kier alpha value is -0.350. The van der Waals surface area contributed by atoms with Crippen LogP contribution in [-0.4, -0.2) is 31.1 Å². The summed E-state index contributed by atoms with van der Waals surface area (Å²) in [4.78, 5) is 2.39. The van der Waals surface area contributed by atoms with Gasteiger partial charge in [-0.1, -0.05) is 23.2 Å². The van der Waals surface area contributed by atoms with Crippen LogP contribution in [0.25, 0.3) is 0 Å². The van der Waals surface area contributed by atoms with Gasteiger partial charge < -0.3 is 5.32 Å². The summed E-state index contributed by atoms with van der Waals surface area (Å²) in [6.45, 7) is 6.38. The smallest absolute Gasteiger partial charge is 0.142 e. The van der Waals surface area contributed by atoms with Gasteiger partial charge in [0.25, 0.3) is 0 Å². The molecule has 3 unspecified atom stereocenters. The summed E-state index contributed by atoms with van der Waals surface area (Å²) in [7, 11) is 0. The maximum atomic E-state index is 13.6. The topological polar surface area (TPSA) is 15.3 Å². The van der Waals surface area contributed by atoms with Gasteiger partial charge in [-0.2, -0.15) is 0 Å². The zero-order chi connectivity index (χ0) is 13.6. The minimum atomic E-state index is -0.394. The van der Waals surface area contributed by atoms with Crippen molar-refractivity contribution >= 4 is 23.2 Å². The van der Waals surface area contributed by atoms with Crippen LogP contribution < -0.4 is 5.32 Å². The summed E-state index contributed by atoms with van der Waals surface area (Å²) in [5, 5.41) is 4.06. The Morgan fingerprint density at radius 2 is 1.84 bits per heavy atom. The zero-order valence-electron chi connectivity index (χ0n) is 10.8. The third kappa shape index (κ3) is 2.49. The summed E-state index contributed by atoms with van der Waals surface area (Å²) in [6.07, 6.45) is 0. The fourth-order valence-electron chi connectivity index (χ4n) is 3.26. The predicted molar refractivity (Wildman–Crippen MR) is 76.3 cm³/mol. The molecule has 1 aromatic rings. The van der Waals surface area contributed by atoms with E-state index in [4.69, 9.17) is 23.2 Å². The summed E-state index contributed by atoms with van der Waals surface area (Å²) in [5.74, 6) is 1.05. The lowest BCUT2D eigenvalue weighted by atomic mass is 10.0. The molecule has 0 spiro atoms. The van der Waals surface area contributed by atoms with Crippen LogP contribution in [0.4, 0.5) is 4.39 Å². The van der Waals surface area contributed by atoms with Gasteiger partial charge in [0.2, 0.25) is 0 Å². The van der Waals surface area contributed by atoms with Crippen LogP contribution in [0.3, 0.4) is 0 Å². The van der Waals surface area contributed by atoms with Gasteiger partial charge in [-0.3, -0.25) is 4.90 Å². The summed E-state index contributed by atoms with van der Waals surface area (Å²) < 4.78 is 13.6. The average molecular weight is 303 g/mol. The molecule has 3 rings (SSSR count). The number of nitrogens with one attached hydrogen (secondary N) is 1. The van der Waals surface area contributed by atoms with E-state index in [1.54, 1.807) is 0 Å². The van der Waals surface area contributed by atoms with E-state index in [1.165, 1.54) is 12.1 Å². The lowest BCUT2D eigenvalue weighted by molar-refractivity contribution is 0.243. The van der Waals surface area contributed by atoms with Crippen molar-refractivity contribution in [2.24, 2.45) is 11.8 Å². The molecule has 0 radical (unpaired) electrons. The SMILES string of the molecule is CC(c1cc(F)c(Cl)cc1Cl)N1CC2CNCC2C1. The number of rotatable bonds is 2. The van der Waals surface area contributed by atoms with Gasteiger partial charge in [0.15, 0.2) is 0 Å². The van der Waals surface area contributed by atoms with Gasteiger partial charge in [0.1, 0.15) is 5.82 Å².